The smallest absolute Gasteiger partial charge is 0.173 e. The van der Waals surface area contributed by atoms with Crippen LogP contribution in [0.3, 0.4) is 0 Å². The largest absolute Gasteiger partial charge is 0.394 e. The number of aromatic nitrogens is 3. The Labute approximate surface area is 80.8 Å². The van der Waals surface area contributed by atoms with Gasteiger partial charge in [-0.3, -0.25) is 0 Å². The minimum atomic E-state index is 0.207. The SMILES string of the molecule is Nc1nnnc(-c2ccccc2)c1N. The zero-order valence-electron chi connectivity index (χ0n) is 7.38. The first kappa shape index (κ1) is 8.43. The van der Waals surface area contributed by atoms with Crippen molar-refractivity contribution in [3.05, 3.63) is 30.3 Å². The van der Waals surface area contributed by atoms with Gasteiger partial charge in [0.05, 0.1) is 0 Å². The van der Waals surface area contributed by atoms with Gasteiger partial charge in [0.15, 0.2) is 5.82 Å². The zero-order valence-corrected chi connectivity index (χ0v) is 7.38. The number of anilines is 2. The van der Waals surface area contributed by atoms with Crippen LogP contribution in [0.2, 0.25) is 0 Å². The minimum absolute atomic E-state index is 0.207. The highest BCUT2D eigenvalue weighted by molar-refractivity contribution is 5.78. The molecule has 0 bridgehead atoms. The molecule has 1 aromatic carbocycles. The number of nitrogens with two attached hydrogens (primary N) is 2. The molecule has 1 heterocycles. The summed E-state index contributed by atoms with van der Waals surface area (Å²) < 4.78 is 0. The lowest BCUT2D eigenvalue weighted by atomic mass is 10.1. The highest BCUT2D eigenvalue weighted by Crippen LogP contribution is 2.24. The van der Waals surface area contributed by atoms with Crippen molar-refractivity contribution < 1.29 is 0 Å². The summed E-state index contributed by atoms with van der Waals surface area (Å²) in [5, 5.41) is 10.9. The first-order valence-electron chi connectivity index (χ1n) is 4.09. The topological polar surface area (TPSA) is 90.7 Å². The van der Waals surface area contributed by atoms with Crippen molar-refractivity contribution in [2.75, 3.05) is 11.5 Å². The number of rotatable bonds is 1. The molecule has 2 aromatic rings. The molecule has 5 nitrogen and oxygen atoms in total. The Bertz CT molecular complexity index is 440. The second-order valence-electron chi connectivity index (χ2n) is 2.80. The van der Waals surface area contributed by atoms with Gasteiger partial charge in [-0.15, -0.1) is 10.2 Å². The van der Waals surface area contributed by atoms with Crippen molar-refractivity contribution in [2.45, 2.75) is 0 Å². The summed E-state index contributed by atoms with van der Waals surface area (Å²) in [6, 6.07) is 9.48. The first-order chi connectivity index (χ1) is 6.79. The maximum Gasteiger partial charge on any atom is 0.173 e. The molecule has 0 unspecified atom stereocenters. The molecular weight excluding hydrogens is 178 g/mol. The summed E-state index contributed by atoms with van der Waals surface area (Å²) in [7, 11) is 0. The second-order valence-corrected chi connectivity index (χ2v) is 2.80. The fraction of sp³-hybridized carbons (Fsp3) is 0. The molecule has 0 fully saturated rings. The molecule has 0 aliphatic carbocycles. The summed E-state index contributed by atoms with van der Waals surface area (Å²) >= 11 is 0. The van der Waals surface area contributed by atoms with E-state index in [9.17, 15) is 0 Å². The third kappa shape index (κ3) is 1.35. The molecule has 0 atom stereocenters. The van der Waals surface area contributed by atoms with Gasteiger partial charge in [-0.2, -0.15) is 0 Å². The molecule has 0 saturated heterocycles. The van der Waals surface area contributed by atoms with Crippen LogP contribution >= 0.6 is 0 Å². The normalized spacial score (nSPS) is 10.0. The van der Waals surface area contributed by atoms with E-state index in [1.54, 1.807) is 0 Å². The van der Waals surface area contributed by atoms with Crippen LogP contribution in [0.4, 0.5) is 11.5 Å². The van der Waals surface area contributed by atoms with Gasteiger partial charge < -0.3 is 11.5 Å². The number of benzene rings is 1. The molecule has 5 heteroatoms. The number of hydrogen-bond acceptors (Lipinski definition) is 5. The van der Waals surface area contributed by atoms with Crippen LogP contribution in [0.1, 0.15) is 0 Å². The van der Waals surface area contributed by atoms with Crippen LogP contribution in [0.5, 0.6) is 0 Å². The summed E-state index contributed by atoms with van der Waals surface area (Å²) in [6.07, 6.45) is 0. The molecule has 0 saturated carbocycles. The molecule has 70 valence electrons. The van der Waals surface area contributed by atoms with Crippen LogP contribution in [-0.2, 0) is 0 Å². The van der Waals surface area contributed by atoms with Crippen LogP contribution in [0, 0.1) is 0 Å². The Morgan fingerprint density at radius 1 is 0.929 bits per heavy atom. The van der Waals surface area contributed by atoms with E-state index in [1.807, 2.05) is 30.3 Å². The zero-order chi connectivity index (χ0) is 9.97. The number of hydrogen-bond donors (Lipinski definition) is 2. The van der Waals surface area contributed by atoms with Gasteiger partial charge in [0.1, 0.15) is 11.4 Å². The van der Waals surface area contributed by atoms with E-state index in [2.05, 4.69) is 15.4 Å². The average Bonchev–Trinajstić information content (AvgIpc) is 2.23. The van der Waals surface area contributed by atoms with Gasteiger partial charge >= 0.3 is 0 Å². The fourth-order valence-electron chi connectivity index (χ4n) is 1.15. The van der Waals surface area contributed by atoms with E-state index in [0.717, 1.165) is 5.56 Å². The molecule has 0 radical (unpaired) electrons. The predicted molar refractivity (Wildman–Crippen MR) is 54.1 cm³/mol. The van der Waals surface area contributed by atoms with Crippen LogP contribution in [0.15, 0.2) is 30.3 Å². The van der Waals surface area contributed by atoms with E-state index >= 15 is 0 Å². The standard InChI is InChI=1S/C9H9N5/c10-7-8(12-14-13-9(7)11)6-4-2-1-3-5-6/h1-5H,(H2,10,14)(H2,11,12,13). The van der Waals surface area contributed by atoms with Gasteiger partial charge in [0.2, 0.25) is 0 Å². The maximum atomic E-state index is 5.72. The summed E-state index contributed by atoms with van der Waals surface area (Å²) in [4.78, 5) is 0. The average molecular weight is 187 g/mol. The number of nitrogens with zero attached hydrogens (tertiary/aromatic N) is 3. The molecule has 0 amide bonds. The summed E-state index contributed by atoms with van der Waals surface area (Å²) in [5.74, 6) is 0.207. The molecule has 0 aliphatic rings. The molecule has 14 heavy (non-hydrogen) atoms. The van der Waals surface area contributed by atoms with E-state index in [-0.39, 0.29) is 5.82 Å². The quantitative estimate of drug-likeness (QED) is 0.685. The van der Waals surface area contributed by atoms with Crippen LogP contribution < -0.4 is 11.5 Å². The molecule has 0 aliphatic heterocycles. The van der Waals surface area contributed by atoms with Crippen molar-refractivity contribution in [3.63, 3.8) is 0 Å². The summed E-state index contributed by atoms with van der Waals surface area (Å²) in [6.45, 7) is 0. The van der Waals surface area contributed by atoms with Crippen LogP contribution in [-0.4, -0.2) is 15.4 Å². The monoisotopic (exact) mass is 187 g/mol. The Balaban J connectivity index is 2.58. The van der Waals surface area contributed by atoms with Crippen molar-refractivity contribution in [1.82, 2.24) is 15.4 Å². The molecular formula is C9H9N5. The lowest BCUT2D eigenvalue weighted by Gasteiger charge is -2.03. The fourth-order valence-corrected chi connectivity index (χ4v) is 1.15. The Kier molecular flexibility index (Phi) is 1.98. The van der Waals surface area contributed by atoms with Crippen molar-refractivity contribution >= 4 is 11.5 Å². The van der Waals surface area contributed by atoms with Crippen LogP contribution in [0.25, 0.3) is 11.3 Å². The Morgan fingerprint density at radius 2 is 1.64 bits per heavy atom. The van der Waals surface area contributed by atoms with Gasteiger partial charge in [-0.05, 0) is 5.21 Å². The minimum Gasteiger partial charge on any atom is -0.394 e. The number of nitrogen functional groups attached to an aromatic ring is 2. The molecule has 0 spiro atoms. The van der Waals surface area contributed by atoms with E-state index in [0.29, 0.717) is 11.4 Å². The second kappa shape index (κ2) is 3.29. The van der Waals surface area contributed by atoms with E-state index < -0.39 is 0 Å². The van der Waals surface area contributed by atoms with Crippen molar-refractivity contribution in [3.8, 4) is 11.3 Å². The summed E-state index contributed by atoms with van der Waals surface area (Å²) in [5.41, 5.74) is 13.1. The van der Waals surface area contributed by atoms with Crippen molar-refractivity contribution in [1.29, 1.82) is 0 Å². The highest BCUT2D eigenvalue weighted by Gasteiger charge is 2.07. The van der Waals surface area contributed by atoms with Gasteiger partial charge in [0.25, 0.3) is 0 Å². The Hall–Kier alpha value is -2.17. The molecule has 2 rings (SSSR count). The van der Waals surface area contributed by atoms with Gasteiger partial charge in [-0.1, -0.05) is 30.3 Å². The van der Waals surface area contributed by atoms with Gasteiger partial charge in [-0.25, -0.2) is 0 Å². The van der Waals surface area contributed by atoms with E-state index in [4.69, 9.17) is 11.5 Å². The lowest BCUT2D eigenvalue weighted by Crippen LogP contribution is -2.04. The maximum absolute atomic E-state index is 5.72. The van der Waals surface area contributed by atoms with E-state index in [1.165, 1.54) is 0 Å². The third-order valence-electron chi connectivity index (χ3n) is 1.88. The molecule has 1 aromatic heterocycles. The van der Waals surface area contributed by atoms with Crippen molar-refractivity contribution in [2.24, 2.45) is 0 Å². The highest BCUT2D eigenvalue weighted by atomic mass is 15.3. The molecule has 4 N–H and O–H groups in total. The van der Waals surface area contributed by atoms with Gasteiger partial charge in [0, 0.05) is 5.56 Å². The first-order valence-corrected chi connectivity index (χ1v) is 4.09. The Morgan fingerprint density at radius 3 is 2.36 bits per heavy atom. The lowest BCUT2D eigenvalue weighted by molar-refractivity contribution is 0.882. The third-order valence-corrected chi connectivity index (χ3v) is 1.88. The predicted octanol–water partition coefficient (Wildman–Crippen LogP) is 0.703.